The summed E-state index contributed by atoms with van der Waals surface area (Å²) in [7, 11) is 0. The van der Waals surface area contributed by atoms with Crippen molar-refractivity contribution < 1.29 is 4.74 Å². The van der Waals surface area contributed by atoms with Crippen molar-refractivity contribution in [3.05, 3.63) is 23.2 Å². The fourth-order valence-corrected chi connectivity index (χ4v) is 2.18. The Labute approximate surface area is 115 Å². The maximum Gasteiger partial charge on any atom is 0.143 e. The third kappa shape index (κ3) is 4.07. The molecular weight excluding hydrogens is 248 g/mol. The molecule has 0 saturated carbocycles. The first-order chi connectivity index (χ1) is 8.43. The Bertz CT molecular complexity index is 372. The Morgan fingerprint density at radius 1 is 1.22 bits per heavy atom. The van der Waals surface area contributed by atoms with Gasteiger partial charge in [-0.2, -0.15) is 0 Å². The Kier molecular flexibility index (Phi) is 5.76. The third-order valence-corrected chi connectivity index (χ3v) is 3.28. The average molecular weight is 271 g/mol. The average Bonchev–Trinajstić information content (AvgIpc) is 2.28. The van der Waals surface area contributed by atoms with Gasteiger partial charge in [-0.1, -0.05) is 17.7 Å². The summed E-state index contributed by atoms with van der Waals surface area (Å²) in [5, 5.41) is 0.539. The minimum atomic E-state index is 0.505. The van der Waals surface area contributed by atoms with E-state index in [1.807, 2.05) is 12.1 Å². The van der Waals surface area contributed by atoms with Gasteiger partial charge in [0.1, 0.15) is 12.4 Å². The molecule has 0 aliphatic carbocycles. The molecule has 0 atom stereocenters. The number of nitrogens with zero attached hydrogens (tertiary/aromatic N) is 1. The van der Waals surface area contributed by atoms with Gasteiger partial charge in [0.2, 0.25) is 0 Å². The molecule has 0 unspecified atom stereocenters. The third-order valence-electron chi connectivity index (χ3n) is 2.95. The summed E-state index contributed by atoms with van der Waals surface area (Å²) in [6.45, 7) is 10.2. The highest BCUT2D eigenvalue weighted by Gasteiger charge is 2.13. The zero-order valence-corrected chi connectivity index (χ0v) is 12.4. The SMILES string of the molecule is CC(C)N(CCOc1cccc(Cl)c1N)C(C)C. The van der Waals surface area contributed by atoms with Crippen LogP contribution in [0.3, 0.4) is 0 Å². The number of benzene rings is 1. The first kappa shape index (κ1) is 15.1. The van der Waals surface area contributed by atoms with Crippen LogP contribution in [-0.2, 0) is 0 Å². The molecule has 0 amide bonds. The van der Waals surface area contributed by atoms with Crippen LogP contribution in [0.15, 0.2) is 18.2 Å². The van der Waals surface area contributed by atoms with E-state index < -0.39 is 0 Å². The lowest BCUT2D eigenvalue weighted by molar-refractivity contribution is 0.142. The lowest BCUT2D eigenvalue weighted by Crippen LogP contribution is -2.39. The predicted octanol–water partition coefficient (Wildman–Crippen LogP) is 3.42. The summed E-state index contributed by atoms with van der Waals surface area (Å²) in [6, 6.07) is 6.46. The molecule has 1 rings (SSSR count). The molecule has 0 bridgehead atoms. The minimum Gasteiger partial charge on any atom is -0.490 e. The van der Waals surface area contributed by atoms with Gasteiger partial charge in [0.25, 0.3) is 0 Å². The number of anilines is 1. The standard InChI is InChI=1S/C14H23ClN2O/c1-10(2)17(11(3)4)8-9-18-13-7-5-6-12(15)14(13)16/h5-7,10-11H,8-9,16H2,1-4H3. The number of hydrogen-bond acceptors (Lipinski definition) is 3. The fourth-order valence-electron chi connectivity index (χ4n) is 2.02. The van der Waals surface area contributed by atoms with Crippen molar-refractivity contribution in [3.63, 3.8) is 0 Å². The second-order valence-electron chi connectivity index (χ2n) is 4.93. The molecule has 3 nitrogen and oxygen atoms in total. The number of nitrogens with two attached hydrogens (primary N) is 1. The van der Waals surface area contributed by atoms with Crippen LogP contribution in [0.2, 0.25) is 5.02 Å². The van der Waals surface area contributed by atoms with Crippen molar-refractivity contribution in [2.45, 2.75) is 39.8 Å². The van der Waals surface area contributed by atoms with Crippen LogP contribution in [0.5, 0.6) is 5.75 Å². The fraction of sp³-hybridized carbons (Fsp3) is 0.571. The highest BCUT2D eigenvalue weighted by atomic mass is 35.5. The van der Waals surface area contributed by atoms with E-state index in [0.29, 0.717) is 35.2 Å². The van der Waals surface area contributed by atoms with Gasteiger partial charge >= 0.3 is 0 Å². The molecule has 0 saturated heterocycles. The zero-order valence-electron chi connectivity index (χ0n) is 11.6. The van der Waals surface area contributed by atoms with Crippen LogP contribution in [0, 0.1) is 0 Å². The highest BCUT2D eigenvalue weighted by molar-refractivity contribution is 6.33. The maximum absolute atomic E-state index is 5.94. The normalized spacial score (nSPS) is 11.6. The van der Waals surface area contributed by atoms with Gasteiger partial charge in [-0.25, -0.2) is 0 Å². The van der Waals surface area contributed by atoms with E-state index in [4.69, 9.17) is 22.1 Å². The first-order valence-electron chi connectivity index (χ1n) is 6.36. The van der Waals surface area contributed by atoms with Gasteiger partial charge in [0, 0.05) is 18.6 Å². The Balaban J connectivity index is 2.53. The van der Waals surface area contributed by atoms with E-state index in [1.54, 1.807) is 6.07 Å². The van der Waals surface area contributed by atoms with E-state index in [9.17, 15) is 0 Å². The molecule has 0 radical (unpaired) electrons. The zero-order chi connectivity index (χ0) is 13.7. The van der Waals surface area contributed by atoms with Crippen LogP contribution in [0.1, 0.15) is 27.7 Å². The van der Waals surface area contributed by atoms with Crippen LogP contribution >= 0.6 is 11.6 Å². The van der Waals surface area contributed by atoms with E-state index in [0.717, 1.165) is 6.54 Å². The molecule has 102 valence electrons. The van der Waals surface area contributed by atoms with Crippen LogP contribution in [-0.4, -0.2) is 30.1 Å². The molecule has 0 aliphatic heterocycles. The smallest absolute Gasteiger partial charge is 0.143 e. The number of para-hydroxylation sites is 1. The second-order valence-corrected chi connectivity index (χ2v) is 5.33. The molecule has 0 fully saturated rings. The molecule has 1 aromatic rings. The summed E-state index contributed by atoms with van der Waals surface area (Å²) in [5.41, 5.74) is 6.36. The Morgan fingerprint density at radius 2 is 1.83 bits per heavy atom. The van der Waals surface area contributed by atoms with Crippen molar-refractivity contribution in [2.75, 3.05) is 18.9 Å². The summed E-state index contributed by atoms with van der Waals surface area (Å²) < 4.78 is 5.70. The quantitative estimate of drug-likeness (QED) is 0.805. The van der Waals surface area contributed by atoms with Gasteiger partial charge in [-0.05, 0) is 39.8 Å². The molecule has 18 heavy (non-hydrogen) atoms. The Morgan fingerprint density at radius 3 is 2.39 bits per heavy atom. The lowest BCUT2D eigenvalue weighted by Gasteiger charge is -2.30. The summed E-state index contributed by atoms with van der Waals surface area (Å²) >= 11 is 5.94. The van der Waals surface area contributed by atoms with E-state index >= 15 is 0 Å². The van der Waals surface area contributed by atoms with Gasteiger partial charge in [0.15, 0.2) is 0 Å². The molecule has 1 aromatic carbocycles. The molecule has 2 N–H and O–H groups in total. The molecule has 0 heterocycles. The molecule has 0 aromatic heterocycles. The van der Waals surface area contributed by atoms with Gasteiger partial charge in [-0.3, -0.25) is 4.90 Å². The first-order valence-corrected chi connectivity index (χ1v) is 6.73. The van der Waals surface area contributed by atoms with E-state index in [-0.39, 0.29) is 0 Å². The second kappa shape index (κ2) is 6.86. The van der Waals surface area contributed by atoms with Gasteiger partial charge in [0.05, 0.1) is 10.7 Å². The van der Waals surface area contributed by atoms with Crippen molar-refractivity contribution >= 4 is 17.3 Å². The number of rotatable bonds is 6. The molecule has 4 heteroatoms. The van der Waals surface area contributed by atoms with Gasteiger partial charge < -0.3 is 10.5 Å². The number of ether oxygens (including phenoxy) is 1. The van der Waals surface area contributed by atoms with E-state index in [1.165, 1.54) is 0 Å². The van der Waals surface area contributed by atoms with Crippen LogP contribution in [0.25, 0.3) is 0 Å². The topological polar surface area (TPSA) is 38.5 Å². The number of nitrogen functional groups attached to an aromatic ring is 1. The molecular formula is C14H23ClN2O. The summed E-state index contributed by atoms with van der Waals surface area (Å²) in [6.07, 6.45) is 0. The Hall–Kier alpha value is -0.930. The molecule has 0 aliphatic rings. The predicted molar refractivity (Wildman–Crippen MR) is 78.3 cm³/mol. The van der Waals surface area contributed by atoms with E-state index in [2.05, 4.69) is 32.6 Å². The van der Waals surface area contributed by atoms with Crippen molar-refractivity contribution in [1.82, 2.24) is 4.90 Å². The van der Waals surface area contributed by atoms with Crippen LogP contribution in [0.4, 0.5) is 5.69 Å². The minimum absolute atomic E-state index is 0.505. The highest BCUT2D eigenvalue weighted by Crippen LogP contribution is 2.28. The number of hydrogen-bond donors (Lipinski definition) is 1. The van der Waals surface area contributed by atoms with Crippen molar-refractivity contribution in [3.8, 4) is 5.75 Å². The van der Waals surface area contributed by atoms with Crippen molar-refractivity contribution in [2.24, 2.45) is 0 Å². The number of halogens is 1. The largest absolute Gasteiger partial charge is 0.490 e. The van der Waals surface area contributed by atoms with Crippen molar-refractivity contribution in [1.29, 1.82) is 0 Å². The van der Waals surface area contributed by atoms with Crippen LogP contribution < -0.4 is 10.5 Å². The van der Waals surface area contributed by atoms with Gasteiger partial charge in [-0.15, -0.1) is 0 Å². The molecule has 0 spiro atoms. The maximum atomic E-state index is 5.94. The summed E-state index contributed by atoms with van der Waals surface area (Å²) in [4.78, 5) is 2.38. The summed E-state index contributed by atoms with van der Waals surface area (Å²) in [5.74, 6) is 0.662. The monoisotopic (exact) mass is 270 g/mol. The lowest BCUT2D eigenvalue weighted by atomic mass is 10.2.